The summed E-state index contributed by atoms with van der Waals surface area (Å²) in [5.41, 5.74) is 1.86. The van der Waals surface area contributed by atoms with E-state index in [2.05, 4.69) is 10.3 Å². The van der Waals surface area contributed by atoms with Gasteiger partial charge in [-0.25, -0.2) is 0 Å². The van der Waals surface area contributed by atoms with Gasteiger partial charge in [0.2, 0.25) is 0 Å². The molecule has 0 aliphatic rings. The van der Waals surface area contributed by atoms with Crippen molar-refractivity contribution < 1.29 is 9.66 Å². The van der Waals surface area contributed by atoms with Gasteiger partial charge < -0.3 is 20.2 Å². The number of nitrogens with zero attached hydrogens (tertiary/aromatic N) is 2. The normalized spacial score (nSPS) is 10.1. The Kier molecular flexibility index (Phi) is 4.49. The smallest absolute Gasteiger partial charge is 0.363 e. The molecule has 0 spiro atoms. The maximum Gasteiger partial charge on any atom is 0.363 e. The molecule has 0 bridgehead atoms. The highest BCUT2D eigenvalue weighted by Gasteiger charge is 2.06. The fourth-order valence-electron chi connectivity index (χ4n) is 1.85. The molecule has 1 aromatic carbocycles. The Morgan fingerprint density at radius 1 is 1.30 bits per heavy atom. The molecule has 0 unspecified atom stereocenters. The van der Waals surface area contributed by atoms with Gasteiger partial charge in [-0.05, 0) is 34.0 Å². The van der Waals surface area contributed by atoms with Gasteiger partial charge in [0.25, 0.3) is 0 Å². The standard InChI is InChI=1S/C14H15N3O3/c1-20-13-5-3-2-4-11(13)8-9-15-12-6-7-14(16-10-12)17(18)19/h2-7,10,15H,8-9H2,1H3. The molecule has 104 valence electrons. The minimum atomic E-state index is -0.515. The van der Waals surface area contributed by atoms with Crippen LogP contribution in [-0.4, -0.2) is 23.6 Å². The second kappa shape index (κ2) is 6.51. The average Bonchev–Trinajstić information content (AvgIpc) is 2.48. The van der Waals surface area contributed by atoms with E-state index in [0.717, 1.165) is 23.4 Å². The third-order valence-corrected chi connectivity index (χ3v) is 2.85. The van der Waals surface area contributed by atoms with Gasteiger partial charge in [-0.2, -0.15) is 0 Å². The number of benzene rings is 1. The number of aromatic nitrogens is 1. The highest BCUT2D eigenvalue weighted by atomic mass is 16.6. The van der Waals surface area contributed by atoms with Crippen LogP contribution in [0.4, 0.5) is 11.5 Å². The summed E-state index contributed by atoms with van der Waals surface area (Å²) in [6.07, 6.45) is 2.25. The van der Waals surface area contributed by atoms with Crippen LogP contribution in [0.1, 0.15) is 5.56 Å². The summed E-state index contributed by atoms with van der Waals surface area (Å²) >= 11 is 0. The van der Waals surface area contributed by atoms with Gasteiger partial charge in [-0.15, -0.1) is 0 Å². The number of methoxy groups -OCH3 is 1. The molecule has 0 fully saturated rings. The molecule has 2 rings (SSSR count). The maximum absolute atomic E-state index is 10.5. The molecule has 20 heavy (non-hydrogen) atoms. The largest absolute Gasteiger partial charge is 0.496 e. The Balaban J connectivity index is 1.91. The first-order valence-corrected chi connectivity index (χ1v) is 6.17. The maximum atomic E-state index is 10.5. The lowest BCUT2D eigenvalue weighted by Crippen LogP contribution is -2.06. The van der Waals surface area contributed by atoms with Crippen LogP contribution in [0.15, 0.2) is 42.6 Å². The van der Waals surface area contributed by atoms with Gasteiger partial charge in [0, 0.05) is 12.6 Å². The Bertz CT molecular complexity index is 584. The predicted octanol–water partition coefficient (Wildman–Crippen LogP) is 2.65. The second-order valence-electron chi connectivity index (χ2n) is 4.15. The van der Waals surface area contributed by atoms with Crippen molar-refractivity contribution >= 4 is 11.5 Å². The first-order chi connectivity index (χ1) is 9.70. The lowest BCUT2D eigenvalue weighted by atomic mass is 10.1. The van der Waals surface area contributed by atoms with Crippen molar-refractivity contribution in [2.24, 2.45) is 0 Å². The van der Waals surface area contributed by atoms with Crippen LogP contribution in [0, 0.1) is 10.1 Å². The van der Waals surface area contributed by atoms with Crippen LogP contribution >= 0.6 is 0 Å². The van der Waals surface area contributed by atoms with Crippen molar-refractivity contribution in [2.45, 2.75) is 6.42 Å². The summed E-state index contributed by atoms with van der Waals surface area (Å²) in [4.78, 5) is 13.7. The van der Waals surface area contributed by atoms with Crippen LogP contribution in [0.5, 0.6) is 5.75 Å². The number of pyridine rings is 1. The third-order valence-electron chi connectivity index (χ3n) is 2.85. The third kappa shape index (κ3) is 3.44. The topological polar surface area (TPSA) is 77.3 Å². The van der Waals surface area contributed by atoms with Crippen molar-refractivity contribution in [2.75, 3.05) is 19.0 Å². The molecule has 1 heterocycles. The minimum Gasteiger partial charge on any atom is -0.496 e. The molecule has 6 heteroatoms. The van der Waals surface area contributed by atoms with E-state index in [-0.39, 0.29) is 5.82 Å². The number of para-hydroxylation sites is 1. The fraction of sp³-hybridized carbons (Fsp3) is 0.214. The number of nitrogens with one attached hydrogen (secondary N) is 1. The number of rotatable bonds is 6. The number of anilines is 1. The Hall–Kier alpha value is -2.63. The van der Waals surface area contributed by atoms with Crippen LogP contribution in [0.3, 0.4) is 0 Å². The zero-order chi connectivity index (χ0) is 14.4. The number of hydrogen-bond acceptors (Lipinski definition) is 5. The molecule has 0 radical (unpaired) electrons. The highest BCUT2D eigenvalue weighted by molar-refractivity contribution is 5.44. The lowest BCUT2D eigenvalue weighted by Gasteiger charge is -2.09. The zero-order valence-electron chi connectivity index (χ0n) is 11.1. The molecule has 1 N–H and O–H groups in total. The van der Waals surface area contributed by atoms with E-state index in [0.29, 0.717) is 6.54 Å². The fourth-order valence-corrected chi connectivity index (χ4v) is 1.85. The summed E-state index contributed by atoms with van der Waals surface area (Å²) in [5.74, 6) is 0.705. The Morgan fingerprint density at radius 2 is 2.10 bits per heavy atom. The van der Waals surface area contributed by atoms with E-state index in [1.54, 1.807) is 13.2 Å². The Morgan fingerprint density at radius 3 is 2.75 bits per heavy atom. The summed E-state index contributed by atoms with van der Waals surface area (Å²) in [5, 5.41) is 13.7. The quantitative estimate of drug-likeness (QED) is 0.646. The average molecular weight is 273 g/mol. The number of hydrogen-bond donors (Lipinski definition) is 1. The van der Waals surface area contributed by atoms with Gasteiger partial charge in [-0.1, -0.05) is 18.2 Å². The van der Waals surface area contributed by atoms with Gasteiger partial charge in [0.1, 0.15) is 5.75 Å². The van der Waals surface area contributed by atoms with Crippen LogP contribution in [-0.2, 0) is 6.42 Å². The van der Waals surface area contributed by atoms with E-state index in [1.807, 2.05) is 24.3 Å². The van der Waals surface area contributed by atoms with E-state index < -0.39 is 4.92 Å². The molecule has 2 aromatic rings. The van der Waals surface area contributed by atoms with E-state index in [1.165, 1.54) is 12.3 Å². The van der Waals surface area contributed by atoms with Crippen LogP contribution in [0.2, 0.25) is 0 Å². The lowest BCUT2D eigenvalue weighted by molar-refractivity contribution is -0.389. The second-order valence-corrected chi connectivity index (χ2v) is 4.15. The SMILES string of the molecule is COc1ccccc1CCNc1ccc([N+](=O)[O-])nc1. The van der Waals surface area contributed by atoms with Crippen molar-refractivity contribution in [3.8, 4) is 5.75 Å². The zero-order valence-corrected chi connectivity index (χ0v) is 11.1. The highest BCUT2D eigenvalue weighted by Crippen LogP contribution is 2.18. The number of nitro groups is 1. The van der Waals surface area contributed by atoms with Gasteiger partial charge in [-0.3, -0.25) is 0 Å². The Labute approximate surface area is 116 Å². The minimum absolute atomic E-state index is 0.153. The van der Waals surface area contributed by atoms with Gasteiger partial charge in [0.05, 0.1) is 12.8 Å². The van der Waals surface area contributed by atoms with E-state index in [9.17, 15) is 10.1 Å². The molecule has 1 aromatic heterocycles. The molecule has 0 aliphatic heterocycles. The molecule has 0 aliphatic carbocycles. The first-order valence-electron chi connectivity index (χ1n) is 6.17. The molecule has 6 nitrogen and oxygen atoms in total. The van der Waals surface area contributed by atoms with E-state index >= 15 is 0 Å². The van der Waals surface area contributed by atoms with Crippen molar-refractivity contribution in [3.05, 3.63) is 58.3 Å². The van der Waals surface area contributed by atoms with Crippen molar-refractivity contribution in [1.82, 2.24) is 4.98 Å². The predicted molar refractivity (Wildman–Crippen MR) is 76.1 cm³/mol. The summed E-state index contributed by atoms with van der Waals surface area (Å²) in [6.45, 7) is 0.694. The van der Waals surface area contributed by atoms with Gasteiger partial charge in [0.15, 0.2) is 6.20 Å². The van der Waals surface area contributed by atoms with Crippen LogP contribution in [0.25, 0.3) is 0 Å². The molecule has 0 saturated carbocycles. The van der Waals surface area contributed by atoms with Gasteiger partial charge >= 0.3 is 5.82 Å². The molecular weight excluding hydrogens is 258 g/mol. The van der Waals surface area contributed by atoms with Crippen molar-refractivity contribution in [3.63, 3.8) is 0 Å². The first kappa shape index (κ1) is 13.8. The molecule has 0 atom stereocenters. The van der Waals surface area contributed by atoms with Crippen LogP contribution < -0.4 is 10.1 Å². The van der Waals surface area contributed by atoms with E-state index in [4.69, 9.17) is 4.74 Å². The monoisotopic (exact) mass is 273 g/mol. The summed E-state index contributed by atoms with van der Waals surface area (Å²) in [6, 6.07) is 10.8. The molecule has 0 amide bonds. The summed E-state index contributed by atoms with van der Waals surface area (Å²) in [7, 11) is 1.65. The molecular formula is C14H15N3O3. The number of ether oxygens (including phenoxy) is 1. The van der Waals surface area contributed by atoms with Crippen molar-refractivity contribution in [1.29, 1.82) is 0 Å². The summed E-state index contributed by atoms with van der Waals surface area (Å²) < 4.78 is 5.28. The molecule has 0 saturated heterocycles.